The van der Waals surface area contributed by atoms with Crippen LogP contribution in [0.15, 0.2) is 97.1 Å². The summed E-state index contributed by atoms with van der Waals surface area (Å²) in [5.41, 5.74) is 6.25. The van der Waals surface area contributed by atoms with E-state index in [1.807, 2.05) is 91.9 Å². The summed E-state index contributed by atoms with van der Waals surface area (Å²) in [6, 6.07) is 31.2. The van der Waals surface area contributed by atoms with Crippen molar-refractivity contribution in [3.8, 4) is 22.6 Å². The van der Waals surface area contributed by atoms with Gasteiger partial charge in [-0.15, -0.1) is 15.0 Å². The molecule has 33 heavy (non-hydrogen) atoms. The van der Waals surface area contributed by atoms with E-state index in [2.05, 4.69) is 27.6 Å². The maximum Gasteiger partial charge on any atom is 0.262 e. The fourth-order valence-corrected chi connectivity index (χ4v) is 3.59. The first-order valence-electron chi connectivity index (χ1n) is 10.7. The topological polar surface area (TPSA) is 69.0 Å². The molecule has 1 amide bonds. The molecule has 6 nitrogen and oxygen atoms in total. The molecule has 0 fully saturated rings. The smallest absolute Gasteiger partial charge is 0.262 e. The predicted molar refractivity (Wildman–Crippen MR) is 130 cm³/mol. The van der Waals surface area contributed by atoms with Crippen LogP contribution in [0.4, 0.5) is 5.69 Å². The molecule has 0 aliphatic heterocycles. The molecule has 4 aromatic carbocycles. The van der Waals surface area contributed by atoms with Gasteiger partial charge in [0.05, 0.1) is 0 Å². The number of hydrogen-bond acceptors (Lipinski definition) is 4. The third-order valence-corrected chi connectivity index (χ3v) is 5.25. The summed E-state index contributed by atoms with van der Waals surface area (Å²) in [4.78, 5) is 14.1. The van der Waals surface area contributed by atoms with Crippen molar-refractivity contribution in [1.82, 2.24) is 15.0 Å². The van der Waals surface area contributed by atoms with Gasteiger partial charge in [-0.25, -0.2) is 0 Å². The van der Waals surface area contributed by atoms with Crippen molar-refractivity contribution in [3.05, 3.63) is 103 Å². The Labute approximate surface area is 191 Å². The van der Waals surface area contributed by atoms with Crippen molar-refractivity contribution in [2.45, 2.75) is 6.92 Å². The average molecular weight is 434 g/mol. The Balaban J connectivity index is 1.28. The second-order valence-electron chi connectivity index (χ2n) is 7.73. The molecular formula is C27H22N4O2. The van der Waals surface area contributed by atoms with Crippen LogP contribution < -0.4 is 10.1 Å². The Hall–Kier alpha value is -4.45. The summed E-state index contributed by atoms with van der Waals surface area (Å²) in [5, 5.41) is 12.0. The van der Waals surface area contributed by atoms with E-state index in [4.69, 9.17) is 4.74 Å². The van der Waals surface area contributed by atoms with Crippen LogP contribution in [0, 0.1) is 6.92 Å². The lowest BCUT2D eigenvalue weighted by Crippen LogP contribution is -2.20. The molecule has 0 atom stereocenters. The minimum Gasteiger partial charge on any atom is -0.481 e. The number of carbonyl (C=O) groups is 1. The minimum atomic E-state index is -0.243. The average Bonchev–Trinajstić information content (AvgIpc) is 3.28. The summed E-state index contributed by atoms with van der Waals surface area (Å²) in [6.45, 7) is 1.86. The monoisotopic (exact) mass is 434 g/mol. The van der Waals surface area contributed by atoms with Crippen molar-refractivity contribution in [2.24, 2.45) is 0 Å². The highest BCUT2D eigenvalue weighted by Crippen LogP contribution is 2.25. The number of aryl methyl sites for hydroxylation is 1. The number of rotatable bonds is 6. The Morgan fingerprint density at radius 1 is 0.818 bits per heavy atom. The van der Waals surface area contributed by atoms with E-state index in [-0.39, 0.29) is 12.5 Å². The van der Waals surface area contributed by atoms with E-state index in [0.29, 0.717) is 17.1 Å². The molecule has 1 heterocycles. The highest BCUT2D eigenvalue weighted by molar-refractivity contribution is 5.92. The lowest BCUT2D eigenvalue weighted by molar-refractivity contribution is -0.118. The maximum atomic E-state index is 12.5. The molecule has 6 heteroatoms. The molecule has 0 unspecified atom stereocenters. The van der Waals surface area contributed by atoms with Gasteiger partial charge in [-0.1, -0.05) is 60.7 Å². The van der Waals surface area contributed by atoms with Crippen molar-refractivity contribution in [3.63, 3.8) is 0 Å². The number of hydrogen-bond donors (Lipinski definition) is 1. The van der Waals surface area contributed by atoms with Crippen LogP contribution in [-0.4, -0.2) is 27.5 Å². The molecule has 1 N–H and O–H groups in total. The van der Waals surface area contributed by atoms with Crippen molar-refractivity contribution in [1.29, 1.82) is 0 Å². The standard InChI is InChI=1S/C27H22N4O2/c1-19-11-16-26(25(17-19)31-29-23-9-5-6-10-24(23)30-31)33-18-27(32)28-22-14-12-21(13-15-22)20-7-3-2-4-8-20/h2-17H,18H2,1H3,(H,28,32). The van der Waals surface area contributed by atoms with Crippen LogP contribution in [0.2, 0.25) is 0 Å². The molecule has 0 aliphatic carbocycles. The van der Waals surface area contributed by atoms with E-state index in [9.17, 15) is 4.79 Å². The number of nitrogens with one attached hydrogen (secondary N) is 1. The van der Waals surface area contributed by atoms with Crippen LogP contribution >= 0.6 is 0 Å². The molecular weight excluding hydrogens is 412 g/mol. The minimum absolute atomic E-state index is 0.128. The largest absolute Gasteiger partial charge is 0.481 e. The lowest BCUT2D eigenvalue weighted by atomic mass is 10.1. The molecule has 5 rings (SSSR count). The van der Waals surface area contributed by atoms with E-state index in [1.54, 1.807) is 4.80 Å². The third-order valence-electron chi connectivity index (χ3n) is 5.25. The van der Waals surface area contributed by atoms with Crippen LogP contribution in [0.25, 0.3) is 27.8 Å². The molecule has 0 radical (unpaired) electrons. The fourth-order valence-electron chi connectivity index (χ4n) is 3.59. The number of amides is 1. The summed E-state index contributed by atoms with van der Waals surface area (Å²) in [7, 11) is 0. The second kappa shape index (κ2) is 8.96. The molecule has 0 bridgehead atoms. The first-order chi connectivity index (χ1) is 16.2. The van der Waals surface area contributed by atoms with Gasteiger partial charge in [-0.2, -0.15) is 0 Å². The summed E-state index contributed by atoms with van der Waals surface area (Å²) >= 11 is 0. The van der Waals surface area contributed by atoms with Crippen LogP contribution in [0.1, 0.15) is 5.56 Å². The number of carbonyl (C=O) groups excluding carboxylic acids is 1. The first-order valence-corrected chi connectivity index (χ1v) is 10.7. The predicted octanol–water partition coefficient (Wildman–Crippen LogP) is 5.41. The van der Waals surface area contributed by atoms with Gasteiger partial charge in [0.1, 0.15) is 22.5 Å². The van der Waals surface area contributed by atoms with Crippen molar-refractivity contribution >= 4 is 22.6 Å². The number of benzene rings is 4. The Morgan fingerprint density at radius 2 is 1.45 bits per heavy atom. The first kappa shape index (κ1) is 20.5. The number of anilines is 1. The molecule has 0 spiro atoms. The molecule has 0 saturated heterocycles. The van der Waals surface area contributed by atoms with Crippen LogP contribution in [0.3, 0.4) is 0 Å². The van der Waals surface area contributed by atoms with Gasteiger partial charge in [0.25, 0.3) is 5.91 Å². The quantitative estimate of drug-likeness (QED) is 0.388. The zero-order valence-electron chi connectivity index (χ0n) is 18.1. The Morgan fingerprint density at radius 3 is 2.15 bits per heavy atom. The van der Waals surface area contributed by atoms with Gasteiger partial charge >= 0.3 is 0 Å². The lowest BCUT2D eigenvalue weighted by Gasteiger charge is -2.12. The highest BCUT2D eigenvalue weighted by atomic mass is 16.5. The van der Waals surface area contributed by atoms with Crippen molar-refractivity contribution < 1.29 is 9.53 Å². The summed E-state index contributed by atoms with van der Waals surface area (Å²) in [5.74, 6) is 0.294. The molecule has 162 valence electrons. The number of aromatic nitrogens is 3. The number of nitrogens with zero attached hydrogens (tertiary/aromatic N) is 3. The van der Waals surface area contributed by atoms with E-state index < -0.39 is 0 Å². The summed E-state index contributed by atoms with van der Waals surface area (Å²) in [6.07, 6.45) is 0. The van der Waals surface area contributed by atoms with Crippen LogP contribution in [0.5, 0.6) is 5.75 Å². The van der Waals surface area contributed by atoms with E-state index in [0.717, 1.165) is 27.7 Å². The van der Waals surface area contributed by atoms with Crippen molar-refractivity contribution in [2.75, 3.05) is 11.9 Å². The SMILES string of the molecule is Cc1ccc(OCC(=O)Nc2ccc(-c3ccccc3)cc2)c(-n2nc3ccccc3n2)c1. The molecule has 0 aliphatic rings. The van der Waals surface area contributed by atoms with Gasteiger partial charge in [0, 0.05) is 5.69 Å². The third kappa shape index (κ3) is 4.60. The zero-order valence-corrected chi connectivity index (χ0v) is 18.1. The molecule has 0 saturated carbocycles. The highest BCUT2D eigenvalue weighted by Gasteiger charge is 2.12. The van der Waals surface area contributed by atoms with Gasteiger partial charge in [0.2, 0.25) is 0 Å². The van der Waals surface area contributed by atoms with E-state index >= 15 is 0 Å². The Bertz CT molecular complexity index is 1380. The number of fused-ring (bicyclic) bond motifs is 1. The molecule has 1 aromatic heterocycles. The fraction of sp³-hybridized carbons (Fsp3) is 0.0741. The normalized spacial score (nSPS) is 10.8. The van der Waals surface area contributed by atoms with Gasteiger partial charge in [-0.3, -0.25) is 4.79 Å². The number of ether oxygens (including phenoxy) is 1. The zero-order chi connectivity index (χ0) is 22.6. The van der Waals surface area contributed by atoms with Gasteiger partial charge in [0.15, 0.2) is 6.61 Å². The van der Waals surface area contributed by atoms with Gasteiger partial charge in [-0.05, 0) is 60.0 Å². The van der Waals surface area contributed by atoms with E-state index in [1.165, 1.54) is 0 Å². The maximum absolute atomic E-state index is 12.5. The molecule has 5 aromatic rings. The van der Waals surface area contributed by atoms with Gasteiger partial charge < -0.3 is 10.1 Å². The Kier molecular flexibility index (Phi) is 5.55. The van der Waals surface area contributed by atoms with Crippen LogP contribution in [-0.2, 0) is 4.79 Å². The second-order valence-corrected chi connectivity index (χ2v) is 7.73. The summed E-state index contributed by atoms with van der Waals surface area (Å²) < 4.78 is 5.86.